The molecule has 0 radical (unpaired) electrons. The van der Waals surface area contributed by atoms with Gasteiger partial charge in [-0.15, -0.1) is 11.3 Å². The van der Waals surface area contributed by atoms with Crippen molar-refractivity contribution < 1.29 is 0 Å². The van der Waals surface area contributed by atoms with Crippen molar-refractivity contribution in [3.63, 3.8) is 0 Å². The van der Waals surface area contributed by atoms with Gasteiger partial charge in [0.1, 0.15) is 0 Å². The molecule has 0 fully saturated rings. The molecular formula is C41H25NS. The Bertz CT molecular complexity index is 2350. The highest BCUT2D eigenvalue weighted by Crippen LogP contribution is 2.48. The molecule has 1 aliphatic rings. The van der Waals surface area contributed by atoms with Crippen LogP contribution in [0.5, 0.6) is 0 Å². The fourth-order valence-electron chi connectivity index (χ4n) is 6.72. The van der Waals surface area contributed by atoms with Crippen molar-refractivity contribution in [1.29, 1.82) is 0 Å². The summed E-state index contributed by atoms with van der Waals surface area (Å²) in [4.78, 5) is 4.39. The van der Waals surface area contributed by atoms with Crippen molar-refractivity contribution in [1.82, 2.24) is 4.98 Å². The van der Waals surface area contributed by atoms with E-state index >= 15 is 0 Å². The molecule has 6 aromatic carbocycles. The van der Waals surface area contributed by atoms with Gasteiger partial charge >= 0.3 is 0 Å². The number of hydrogen-bond acceptors (Lipinski definition) is 2. The molecule has 2 aromatic heterocycles. The molecule has 1 nitrogen and oxygen atoms in total. The molecule has 0 amide bonds. The average Bonchev–Trinajstić information content (AvgIpc) is 3.46. The Labute approximate surface area is 254 Å². The minimum absolute atomic E-state index is 1.21. The van der Waals surface area contributed by atoms with Gasteiger partial charge in [-0.3, -0.25) is 4.98 Å². The first kappa shape index (κ1) is 24.3. The third-order valence-corrected chi connectivity index (χ3v) is 9.91. The molecule has 0 N–H and O–H groups in total. The minimum atomic E-state index is 1.21. The molecule has 0 atom stereocenters. The summed E-state index contributed by atoms with van der Waals surface area (Å²) in [5, 5.41) is 2.50. The smallest absolute Gasteiger partial charge is 0.0386 e. The van der Waals surface area contributed by atoms with E-state index in [0.717, 1.165) is 0 Å². The van der Waals surface area contributed by atoms with Crippen molar-refractivity contribution in [3.05, 3.63) is 152 Å². The Kier molecular flexibility index (Phi) is 5.44. The molecule has 200 valence electrons. The molecule has 0 aliphatic heterocycles. The van der Waals surface area contributed by atoms with Crippen molar-refractivity contribution in [2.75, 3.05) is 0 Å². The van der Waals surface area contributed by atoms with Crippen LogP contribution in [-0.4, -0.2) is 4.98 Å². The minimum Gasteiger partial charge on any atom is -0.264 e. The van der Waals surface area contributed by atoms with Crippen molar-refractivity contribution in [2.45, 2.75) is 0 Å². The van der Waals surface area contributed by atoms with Gasteiger partial charge in [0, 0.05) is 32.6 Å². The predicted molar refractivity (Wildman–Crippen MR) is 183 cm³/mol. The van der Waals surface area contributed by atoms with Gasteiger partial charge in [-0.25, -0.2) is 0 Å². The summed E-state index contributed by atoms with van der Waals surface area (Å²) in [5.41, 5.74) is 15.0. The van der Waals surface area contributed by atoms with E-state index < -0.39 is 0 Å². The number of thiophene rings is 1. The lowest BCUT2D eigenvalue weighted by atomic mass is 9.80. The number of aromatic nitrogens is 1. The monoisotopic (exact) mass is 563 g/mol. The Hall–Kier alpha value is -5.31. The van der Waals surface area contributed by atoms with Crippen LogP contribution in [0.2, 0.25) is 0 Å². The lowest BCUT2D eigenvalue weighted by molar-refractivity contribution is 1.37. The highest BCUT2D eigenvalue weighted by molar-refractivity contribution is 7.25. The number of hydrogen-bond donors (Lipinski definition) is 0. The van der Waals surface area contributed by atoms with Crippen LogP contribution in [0.1, 0.15) is 0 Å². The SMILES string of the molecule is c1cc(-c2ccc3c(c2)-c2ccccc2-c2ccccc2-c2ccccc2-3)cc(-c2ccc3sc4ccncc4c3c2)c1. The maximum absolute atomic E-state index is 4.39. The van der Waals surface area contributed by atoms with E-state index in [1.807, 2.05) is 23.7 Å². The second-order valence-electron chi connectivity index (χ2n) is 11.2. The van der Waals surface area contributed by atoms with Gasteiger partial charge in [-0.05, 0) is 97.1 Å². The zero-order valence-corrected chi connectivity index (χ0v) is 24.1. The zero-order chi connectivity index (χ0) is 28.3. The summed E-state index contributed by atoms with van der Waals surface area (Å²) in [6.45, 7) is 0. The number of nitrogens with zero attached hydrogens (tertiary/aromatic N) is 1. The lowest BCUT2D eigenvalue weighted by Crippen LogP contribution is -1.97. The molecule has 2 heteroatoms. The lowest BCUT2D eigenvalue weighted by Gasteiger charge is -2.23. The first-order valence-corrected chi connectivity index (χ1v) is 15.4. The van der Waals surface area contributed by atoms with Crippen LogP contribution < -0.4 is 0 Å². The molecule has 0 unspecified atom stereocenters. The van der Waals surface area contributed by atoms with Crippen LogP contribution in [-0.2, 0) is 0 Å². The molecule has 2 heterocycles. The van der Waals surface area contributed by atoms with E-state index in [4.69, 9.17) is 0 Å². The number of fused-ring (bicyclic) bond motifs is 11. The topological polar surface area (TPSA) is 12.9 Å². The highest BCUT2D eigenvalue weighted by atomic mass is 32.1. The van der Waals surface area contributed by atoms with E-state index in [9.17, 15) is 0 Å². The molecule has 9 rings (SSSR count). The van der Waals surface area contributed by atoms with Gasteiger partial charge in [-0.1, -0.05) is 109 Å². The molecule has 0 saturated heterocycles. The normalized spacial score (nSPS) is 11.7. The third-order valence-electron chi connectivity index (χ3n) is 8.76. The van der Waals surface area contributed by atoms with Crippen LogP contribution in [0.4, 0.5) is 0 Å². The molecule has 43 heavy (non-hydrogen) atoms. The largest absolute Gasteiger partial charge is 0.264 e. The molecule has 8 aromatic rings. The van der Waals surface area contributed by atoms with Crippen LogP contribution in [0.15, 0.2) is 152 Å². The van der Waals surface area contributed by atoms with Crippen molar-refractivity contribution >= 4 is 31.5 Å². The second-order valence-corrected chi connectivity index (χ2v) is 12.2. The van der Waals surface area contributed by atoms with E-state index in [2.05, 4.69) is 145 Å². The molecular weight excluding hydrogens is 539 g/mol. The molecule has 0 saturated carbocycles. The Balaban J connectivity index is 1.22. The summed E-state index contributed by atoms with van der Waals surface area (Å²) in [5.74, 6) is 0. The molecule has 0 bridgehead atoms. The van der Waals surface area contributed by atoms with Crippen molar-refractivity contribution in [2.24, 2.45) is 0 Å². The first-order valence-electron chi connectivity index (χ1n) is 14.6. The van der Waals surface area contributed by atoms with E-state index in [0.29, 0.717) is 0 Å². The first-order chi connectivity index (χ1) is 21.3. The van der Waals surface area contributed by atoms with Crippen molar-refractivity contribution in [3.8, 4) is 66.8 Å². The standard InChI is InChI=1S/C41H25NS/c1-2-11-31-30(10-1)32-12-3-4-14-34(32)36-18-16-28(23-37(36)35-15-6-5-13-33(31)35)26-8-7-9-27(22-26)29-17-19-40-38(24-29)39-25-42-21-20-41(39)43-40/h1-25H. The summed E-state index contributed by atoms with van der Waals surface area (Å²) in [7, 11) is 0. The number of pyridine rings is 1. The van der Waals surface area contributed by atoms with Crippen LogP contribution in [0.25, 0.3) is 86.9 Å². The van der Waals surface area contributed by atoms with E-state index in [1.54, 1.807) is 0 Å². The van der Waals surface area contributed by atoms with Gasteiger partial charge in [-0.2, -0.15) is 0 Å². The quantitative estimate of drug-likeness (QED) is 0.204. The fraction of sp³-hybridized carbons (Fsp3) is 0. The Morgan fingerprint density at radius 2 is 0.837 bits per heavy atom. The second kappa shape index (κ2) is 9.62. The Morgan fingerprint density at radius 3 is 1.47 bits per heavy atom. The van der Waals surface area contributed by atoms with E-state index in [-0.39, 0.29) is 0 Å². The third kappa shape index (κ3) is 3.88. The zero-order valence-electron chi connectivity index (χ0n) is 23.3. The Morgan fingerprint density at radius 1 is 0.349 bits per heavy atom. The van der Waals surface area contributed by atoms with Gasteiger partial charge in [0.25, 0.3) is 0 Å². The summed E-state index contributed by atoms with van der Waals surface area (Å²) >= 11 is 1.83. The van der Waals surface area contributed by atoms with Gasteiger partial charge < -0.3 is 0 Å². The number of benzene rings is 6. The summed E-state index contributed by atoms with van der Waals surface area (Å²) < 4.78 is 2.58. The maximum Gasteiger partial charge on any atom is 0.0386 e. The van der Waals surface area contributed by atoms with E-state index in [1.165, 1.54) is 86.9 Å². The van der Waals surface area contributed by atoms with Gasteiger partial charge in [0.05, 0.1) is 0 Å². The summed E-state index contributed by atoms with van der Waals surface area (Å²) in [6.07, 6.45) is 3.86. The maximum atomic E-state index is 4.39. The van der Waals surface area contributed by atoms with Gasteiger partial charge in [0.15, 0.2) is 0 Å². The average molecular weight is 564 g/mol. The number of rotatable bonds is 2. The molecule has 1 aliphatic carbocycles. The predicted octanol–water partition coefficient (Wildman–Crippen LogP) is 11.8. The highest BCUT2D eigenvalue weighted by Gasteiger charge is 2.21. The summed E-state index contributed by atoms with van der Waals surface area (Å²) in [6, 6.07) is 51.3. The van der Waals surface area contributed by atoms with Crippen LogP contribution in [0, 0.1) is 0 Å². The fourth-order valence-corrected chi connectivity index (χ4v) is 7.77. The molecule has 0 spiro atoms. The van der Waals surface area contributed by atoms with Gasteiger partial charge in [0.2, 0.25) is 0 Å². The van der Waals surface area contributed by atoms with Crippen LogP contribution in [0.3, 0.4) is 0 Å². The van der Waals surface area contributed by atoms with Crippen LogP contribution >= 0.6 is 11.3 Å².